The average Bonchev–Trinajstić information content (AvgIpc) is 2.44. The number of thioether (sulfide) groups is 1. The van der Waals surface area contributed by atoms with Crippen molar-refractivity contribution in [3.05, 3.63) is 6.33 Å². The first-order chi connectivity index (χ1) is 9.26. The second-order valence-electron chi connectivity index (χ2n) is 3.97. The number of hydrogen-bond donors (Lipinski definition) is 1. The number of nitrogens with zero attached hydrogens (tertiary/aromatic N) is 3. The monoisotopic (exact) mass is 284 g/mol. The van der Waals surface area contributed by atoms with Gasteiger partial charge in [-0.3, -0.25) is 0 Å². The van der Waals surface area contributed by atoms with Gasteiger partial charge in [-0.25, -0.2) is 9.97 Å². The van der Waals surface area contributed by atoms with Crippen LogP contribution in [0.25, 0.3) is 0 Å². The lowest BCUT2D eigenvalue weighted by Crippen LogP contribution is -2.25. The van der Waals surface area contributed by atoms with Crippen molar-refractivity contribution in [1.29, 1.82) is 0 Å². The first kappa shape index (κ1) is 16.0. The fourth-order valence-corrected chi connectivity index (χ4v) is 2.72. The van der Waals surface area contributed by atoms with Crippen LogP contribution in [0.3, 0.4) is 0 Å². The lowest BCUT2D eigenvalue weighted by atomic mass is 10.5. The second-order valence-corrected chi connectivity index (χ2v) is 5.05. The quantitative estimate of drug-likeness (QED) is 0.555. The Balaban J connectivity index is 2.64. The standard InChI is InChI=1S/C13H24N4OS/c1-5-14-12-11(18-4)13(16-10-15-12)19-9-8-17(6-2)7-3/h10H,5-9H2,1-4H3,(H,14,15,16). The van der Waals surface area contributed by atoms with Gasteiger partial charge in [-0.15, -0.1) is 11.8 Å². The minimum atomic E-state index is 0.744. The molecule has 6 heteroatoms. The molecule has 19 heavy (non-hydrogen) atoms. The fourth-order valence-electron chi connectivity index (χ4n) is 1.75. The number of rotatable bonds is 9. The number of aromatic nitrogens is 2. The van der Waals surface area contributed by atoms with E-state index in [2.05, 4.69) is 34.0 Å². The van der Waals surface area contributed by atoms with E-state index < -0.39 is 0 Å². The molecule has 0 spiro atoms. The van der Waals surface area contributed by atoms with E-state index in [1.807, 2.05) is 6.92 Å². The van der Waals surface area contributed by atoms with E-state index in [4.69, 9.17) is 4.74 Å². The molecule has 0 atom stereocenters. The van der Waals surface area contributed by atoms with Gasteiger partial charge < -0.3 is 15.0 Å². The predicted molar refractivity (Wildman–Crippen MR) is 81.3 cm³/mol. The van der Waals surface area contributed by atoms with Crippen LogP contribution < -0.4 is 10.1 Å². The molecule has 0 amide bonds. The summed E-state index contributed by atoms with van der Waals surface area (Å²) in [6, 6.07) is 0. The Morgan fingerprint density at radius 2 is 2.00 bits per heavy atom. The van der Waals surface area contributed by atoms with Gasteiger partial charge in [-0.05, 0) is 20.0 Å². The first-order valence-electron chi connectivity index (χ1n) is 6.74. The summed E-state index contributed by atoms with van der Waals surface area (Å²) in [4.78, 5) is 10.9. The van der Waals surface area contributed by atoms with Crippen LogP contribution in [-0.2, 0) is 0 Å². The lowest BCUT2D eigenvalue weighted by molar-refractivity contribution is 0.323. The molecule has 0 fully saturated rings. The maximum atomic E-state index is 5.42. The van der Waals surface area contributed by atoms with Gasteiger partial charge in [0.05, 0.1) is 7.11 Å². The molecule has 0 aromatic carbocycles. The van der Waals surface area contributed by atoms with Crippen molar-refractivity contribution in [3.63, 3.8) is 0 Å². The molecule has 0 unspecified atom stereocenters. The van der Waals surface area contributed by atoms with Crippen molar-refractivity contribution in [2.45, 2.75) is 25.8 Å². The highest BCUT2D eigenvalue weighted by atomic mass is 32.2. The van der Waals surface area contributed by atoms with Crippen molar-refractivity contribution in [2.75, 3.05) is 44.4 Å². The van der Waals surface area contributed by atoms with Gasteiger partial charge in [0.1, 0.15) is 11.4 Å². The Hall–Kier alpha value is -1.01. The molecule has 1 heterocycles. The molecule has 1 rings (SSSR count). The smallest absolute Gasteiger partial charge is 0.193 e. The summed E-state index contributed by atoms with van der Waals surface area (Å²) in [5.74, 6) is 2.51. The van der Waals surface area contributed by atoms with Crippen LogP contribution in [0.15, 0.2) is 11.4 Å². The van der Waals surface area contributed by atoms with Gasteiger partial charge in [-0.2, -0.15) is 0 Å². The van der Waals surface area contributed by atoms with Crippen LogP contribution in [0.5, 0.6) is 5.75 Å². The Morgan fingerprint density at radius 3 is 2.58 bits per heavy atom. The van der Waals surface area contributed by atoms with Crippen molar-refractivity contribution < 1.29 is 4.74 Å². The van der Waals surface area contributed by atoms with Gasteiger partial charge in [0.25, 0.3) is 0 Å². The minimum Gasteiger partial charge on any atom is -0.490 e. The zero-order valence-electron chi connectivity index (χ0n) is 12.3. The lowest BCUT2D eigenvalue weighted by Gasteiger charge is -2.17. The van der Waals surface area contributed by atoms with E-state index >= 15 is 0 Å². The van der Waals surface area contributed by atoms with Crippen molar-refractivity contribution in [1.82, 2.24) is 14.9 Å². The molecule has 0 aliphatic rings. The third-order valence-corrected chi connectivity index (χ3v) is 3.81. The van der Waals surface area contributed by atoms with Crippen LogP contribution in [0.1, 0.15) is 20.8 Å². The number of hydrogen-bond acceptors (Lipinski definition) is 6. The molecular formula is C13H24N4OS. The SMILES string of the molecule is CCNc1ncnc(SCCN(CC)CC)c1OC. The number of ether oxygens (including phenoxy) is 1. The summed E-state index contributed by atoms with van der Waals surface area (Å²) in [6.07, 6.45) is 1.58. The molecule has 0 bridgehead atoms. The largest absolute Gasteiger partial charge is 0.490 e. The van der Waals surface area contributed by atoms with Crippen LogP contribution in [0, 0.1) is 0 Å². The van der Waals surface area contributed by atoms with Crippen molar-refractivity contribution in [2.24, 2.45) is 0 Å². The normalized spacial score (nSPS) is 10.8. The van der Waals surface area contributed by atoms with Crippen LogP contribution in [-0.4, -0.2) is 53.9 Å². The zero-order valence-corrected chi connectivity index (χ0v) is 13.1. The molecule has 0 saturated carbocycles. The summed E-state index contributed by atoms with van der Waals surface area (Å²) in [5.41, 5.74) is 0. The molecule has 0 radical (unpaired) electrons. The Bertz CT molecular complexity index is 372. The first-order valence-corrected chi connectivity index (χ1v) is 7.73. The fraction of sp³-hybridized carbons (Fsp3) is 0.692. The van der Waals surface area contributed by atoms with E-state index in [-0.39, 0.29) is 0 Å². The number of nitrogens with one attached hydrogen (secondary N) is 1. The number of anilines is 1. The molecule has 0 aliphatic carbocycles. The second kappa shape index (κ2) is 8.98. The Morgan fingerprint density at radius 1 is 1.26 bits per heavy atom. The third kappa shape index (κ3) is 4.87. The number of methoxy groups -OCH3 is 1. The summed E-state index contributed by atoms with van der Waals surface area (Å²) < 4.78 is 5.42. The van der Waals surface area contributed by atoms with E-state index in [9.17, 15) is 0 Å². The maximum absolute atomic E-state index is 5.42. The van der Waals surface area contributed by atoms with E-state index in [1.54, 1.807) is 25.2 Å². The molecule has 1 aromatic rings. The van der Waals surface area contributed by atoms with E-state index in [0.717, 1.165) is 48.5 Å². The molecule has 5 nitrogen and oxygen atoms in total. The topological polar surface area (TPSA) is 50.3 Å². The summed E-state index contributed by atoms with van der Waals surface area (Å²) in [5, 5.41) is 4.09. The van der Waals surface area contributed by atoms with Crippen LogP contribution in [0.2, 0.25) is 0 Å². The van der Waals surface area contributed by atoms with Gasteiger partial charge in [0.15, 0.2) is 11.6 Å². The minimum absolute atomic E-state index is 0.744. The highest BCUT2D eigenvalue weighted by molar-refractivity contribution is 7.99. The Labute approximate surface area is 120 Å². The van der Waals surface area contributed by atoms with Crippen LogP contribution in [0.4, 0.5) is 5.82 Å². The third-order valence-electron chi connectivity index (χ3n) is 2.86. The zero-order chi connectivity index (χ0) is 14.1. The molecule has 1 N–H and O–H groups in total. The highest BCUT2D eigenvalue weighted by Crippen LogP contribution is 2.32. The molecular weight excluding hydrogens is 260 g/mol. The molecule has 108 valence electrons. The summed E-state index contributed by atoms with van der Waals surface area (Å²) in [6.45, 7) is 10.4. The predicted octanol–water partition coefficient (Wildman–Crippen LogP) is 2.35. The van der Waals surface area contributed by atoms with Crippen molar-refractivity contribution >= 4 is 17.6 Å². The van der Waals surface area contributed by atoms with Crippen LogP contribution >= 0.6 is 11.8 Å². The van der Waals surface area contributed by atoms with E-state index in [0.29, 0.717) is 0 Å². The summed E-state index contributed by atoms with van der Waals surface area (Å²) >= 11 is 1.71. The van der Waals surface area contributed by atoms with E-state index in [1.165, 1.54) is 0 Å². The summed E-state index contributed by atoms with van der Waals surface area (Å²) in [7, 11) is 1.66. The molecule has 0 aliphatic heterocycles. The van der Waals surface area contributed by atoms with Gasteiger partial charge in [0.2, 0.25) is 0 Å². The highest BCUT2D eigenvalue weighted by Gasteiger charge is 2.12. The van der Waals surface area contributed by atoms with Crippen molar-refractivity contribution in [3.8, 4) is 5.75 Å². The maximum Gasteiger partial charge on any atom is 0.193 e. The molecule has 0 saturated heterocycles. The Kier molecular flexibility index (Phi) is 7.59. The van der Waals surface area contributed by atoms with Gasteiger partial charge >= 0.3 is 0 Å². The average molecular weight is 284 g/mol. The van der Waals surface area contributed by atoms with Gasteiger partial charge in [-0.1, -0.05) is 13.8 Å². The molecule has 1 aromatic heterocycles. The van der Waals surface area contributed by atoms with Gasteiger partial charge in [0, 0.05) is 18.8 Å².